The number of fused-ring (bicyclic) bond motifs is 1. The van der Waals surface area contributed by atoms with Gasteiger partial charge in [0.05, 0.1) is 4.88 Å². The maximum Gasteiger partial charge on any atom is 0.265 e. The summed E-state index contributed by atoms with van der Waals surface area (Å²) in [5.41, 5.74) is 2.02. The van der Waals surface area contributed by atoms with Gasteiger partial charge in [-0.15, -0.1) is 22.7 Å². The highest BCUT2D eigenvalue weighted by Crippen LogP contribution is 2.37. The van der Waals surface area contributed by atoms with Gasteiger partial charge in [-0.05, 0) is 30.3 Å². The molecule has 2 aromatic heterocycles. The number of benzene rings is 2. The Morgan fingerprint density at radius 1 is 0.870 bits per heavy atom. The number of hydrogen-bond acceptors (Lipinski definition) is 3. The van der Waals surface area contributed by atoms with Crippen LogP contribution in [0.5, 0.6) is 0 Å². The summed E-state index contributed by atoms with van der Waals surface area (Å²) in [4.78, 5) is 14.2. The number of nitrogens with one attached hydrogen (secondary N) is 1. The normalized spacial score (nSPS) is 10.8. The third-order valence-electron chi connectivity index (χ3n) is 3.61. The topological polar surface area (TPSA) is 29.1 Å². The standard InChI is InChI=1S/C19H13NOS2/c21-19(20-13-6-2-1-3-7-13)18-11-10-17(23-18)15-12-22-16-9-5-4-8-14(15)16/h1-12H,(H,20,21). The monoisotopic (exact) mass is 335 g/mol. The lowest BCUT2D eigenvalue weighted by Gasteiger charge is -2.02. The number of carbonyl (C=O) groups is 1. The first-order chi connectivity index (χ1) is 11.3. The molecule has 1 N–H and O–H groups in total. The van der Waals surface area contributed by atoms with Crippen molar-refractivity contribution in [1.82, 2.24) is 0 Å². The summed E-state index contributed by atoms with van der Waals surface area (Å²) in [7, 11) is 0. The second-order valence-corrected chi connectivity index (χ2v) is 7.12. The minimum Gasteiger partial charge on any atom is -0.321 e. The van der Waals surface area contributed by atoms with Gasteiger partial charge in [0.1, 0.15) is 0 Å². The zero-order valence-corrected chi connectivity index (χ0v) is 13.8. The molecule has 2 aromatic carbocycles. The van der Waals surface area contributed by atoms with Crippen molar-refractivity contribution in [3.05, 3.63) is 77.0 Å². The first kappa shape index (κ1) is 14.2. The molecule has 0 aliphatic heterocycles. The van der Waals surface area contributed by atoms with Crippen molar-refractivity contribution in [1.29, 1.82) is 0 Å². The number of hydrogen-bond donors (Lipinski definition) is 1. The molecule has 0 radical (unpaired) electrons. The Balaban J connectivity index is 1.63. The van der Waals surface area contributed by atoms with Crippen LogP contribution in [0.4, 0.5) is 5.69 Å². The molecule has 23 heavy (non-hydrogen) atoms. The molecule has 0 spiro atoms. The predicted molar refractivity (Wildman–Crippen MR) is 99.5 cm³/mol. The lowest BCUT2D eigenvalue weighted by Crippen LogP contribution is -2.09. The number of rotatable bonds is 3. The van der Waals surface area contributed by atoms with Crippen LogP contribution in [-0.4, -0.2) is 5.91 Å². The number of carbonyl (C=O) groups excluding carboxylic acids is 1. The summed E-state index contributed by atoms with van der Waals surface area (Å²) >= 11 is 3.26. The van der Waals surface area contributed by atoms with Gasteiger partial charge in [0, 0.05) is 31.6 Å². The molecule has 4 aromatic rings. The van der Waals surface area contributed by atoms with Gasteiger partial charge in [0.2, 0.25) is 0 Å². The van der Waals surface area contributed by atoms with Gasteiger partial charge < -0.3 is 5.32 Å². The van der Waals surface area contributed by atoms with Crippen molar-refractivity contribution >= 4 is 44.4 Å². The van der Waals surface area contributed by atoms with E-state index in [-0.39, 0.29) is 5.91 Å². The molecule has 0 fully saturated rings. The van der Waals surface area contributed by atoms with Gasteiger partial charge in [0.25, 0.3) is 5.91 Å². The van der Waals surface area contributed by atoms with Crippen LogP contribution < -0.4 is 5.32 Å². The van der Waals surface area contributed by atoms with Crippen molar-refractivity contribution in [2.24, 2.45) is 0 Å². The molecule has 0 unspecified atom stereocenters. The predicted octanol–water partition coefficient (Wildman–Crippen LogP) is 5.88. The first-order valence-corrected chi connectivity index (χ1v) is 8.94. The van der Waals surface area contributed by atoms with Crippen LogP contribution in [0, 0.1) is 0 Å². The lowest BCUT2D eigenvalue weighted by molar-refractivity contribution is 0.103. The highest BCUT2D eigenvalue weighted by molar-refractivity contribution is 7.20. The highest BCUT2D eigenvalue weighted by Gasteiger charge is 2.13. The Kier molecular flexibility index (Phi) is 3.69. The number of thiophene rings is 2. The van der Waals surface area contributed by atoms with E-state index in [0.717, 1.165) is 15.4 Å². The molecule has 0 atom stereocenters. The van der Waals surface area contributed by atoms with Gasteiger partial charge >= 0.3 is 0 Å². The highest BCUT2D eigenvalue weighted by atomic mass is 32.1. The minimum absolute atomic E-state index is 0.0630. The maximum atomic E-state index is 12.4. The quantitative estimate of drug-likeness (QED) is 0.497. The summed E-state index contributed by atoms with van der Waals surface area (Å²) < 4.78 is 1.27. The van der Waals surface area contributed by atoms with E-state index in [2.05, 4.69) is 35.0 Å². The Morgan fingerprint density at radius 2 is 1.65 bits per heavy atom. The average Bonchev–Trinajstić information content (AvgIpc) is 3.22. The molecule has 0 bridgehead atoms. The van der Waals surface area contributed by atoms with Gasteiger partial charge in [-0.1, -0.05) is 36.4 Å². The molecule has 112 valence electrons. The second-order valence-electron chi connectivity index (χ2n) is 5.13. The molecule has 0 aliphatic rings. The lowest BCUT2D eigenvalue weighted by atomic mass is 10.1. The zero-order valence-electron chi connectivity index (χ0n) is 12.2. The van der Waals surface area contributed by atoms with E-state index in [9.17, 15) is 4.79 Å². The molecular weight excluding hydrogens is 322 g/mol. The Labute approximate surface area is 142 Å². The molecule has 2 nitrogen and oxygen atoms in total. The number of anilines is 1. The molecule has 1 amide bonds. The number of amides is 1. The van der Waals surface area contributed by atoms with E-state index < -0.39 is 0 Å². The van der Waals surface area contributed by atoms with E-state index in [1.807, 2.05) is 42.5 Å². The van der Waals surface area contributed by atoms with E-state index in [1.165, 1.54) is 27.0 Å². The van der Waals surface area contributed by atoms with Gasteiger partial charge in [-0.25, -0.2) is 0 Å². The fraction of sp³-hybridized carbons (Fsp3) is 0. The molecule has 2 heterocycles. The molecule has 4 rings (SSSR count). The third-order valence-corrected chi connectivity index (χ3v) is 5.69. The van der Waals surface area contributed by atoms with Gasteiger partial charge in [-0.2, -0.15) is 0 Å². The summed E-state index contributed by atoms with van der Waals surface area (Å²) in [6.07, 6.45) is 0. The third kappa shape index (κ3) is 2.79. The summed E-state index contributed by atoms with van der Waals surface area (Å²) in [5, 5.41) is 6.33. The van der Waals surface area contributed by atoms with Crippen LogP contribution in [0.1, 0.15) is 9.67 Å². The van der Waals surface area contributed by atoms with Crippen molar-refractivity contribution in [2.75, 3.05) is 5.32 Å². The molecule has 0 saturated heterocycles. The fourth-order valence-corrected chi connectivity index (χ4v) is 4.45. The smallest absolute Gasteiger partial charge is 0.265 e. The average molecular weight is 335 g/mol. The van der Waals surface area contributed by atoms with E-state index in [1.54, 1.807) is 11.3 Å². The first-order valence-electron chi connectivity index (χ1n) is 7.24. The van der Waals surface area contributed by atoms with Crippen LogP contribution in [0.15, 0.2) is 72.1 Å². The number of para-hydroxylation sites is 1. The SMILES string of the molecule is O=C(Nc1ccccc1)c1ccc(-c2csc3ccccc23)s1. The van der Waals surface area contributed by atoms with E-state index in [4.69, 9.17) is 0 Å². The summed E-state index contributed by atoms with van der Waals surface area (Å²) in [6, 6.07) is 21.8. The van der Waals surface area contributed by atoms with Crippen LogP contribution in [0.25, 0.3) is 20.5 Å². The molecular formula is C19H13NOS2. The van der Waals surface area contributed by atoms with Crippen molar-refractivity contribution in [3.8, 4) is 10.4 Å². The largest absolute Gasteiger partial charge is 0.321 e. The fourth-order valence-electron chi connectivity index (χ4n) is 2.49. The summed E-state index contributed by atoms with van der Waals surface area (Å²) in [6.45, 7) is 0. The zero-order chi connectivity index (χ0) is 15.6. The van der Waals surface area contributed by atoms with Crippen LogP contribution in [-0.2, 0) is 0 Å². The molecule has 4 heteroatoms. The minimum atomic E-state index is -0.0630. The van der Waals surface area contributed by atoms with Crippen molar-refractivity contribution in [2.45, 2.75) is 0 Å². The second kappa shape index (κ2) is 5.99. The molecule has 0 aliphatic carbocycles. The Bertz CT molecular complexity index is 969. The van der Waals surface area contributed by atoms with Crippen LogP contribution >= 0.6 is 22.7 Å². The van der Waals surface area contributed by atoms with Gasteiger partial charge in [0.15, 0.2) is 0 Å². The van der Waals surface area contributed by atoms with Crippen LogP contribution in [0.3, 0.4) is 0 Å². The maximum absolute atomic E-state index is 12.4. The Morgan fingerprint density at radius 3 is 2.52 bits per heavy atom. The van der Waals surface area contributed by atoms with E-state index in [0.29, 0.717) is 0 Å². The van der Waals surface area contributed by atoms with Crippen LogP contribution in [0.2, 0.25) is 0 Å². The Hall–Kier alpha value is -2.43. The molecule has 0 saturated carbocycles. The van der Waals surface area contributed by atoms with E-state index >= 15 is 0 Å². The van der Waals surface area contributed by atoms with Gasteiger partial charge in [-0.3, -0.25) is 4.79 Å². The van der Waals surface area contributed by atoms with Crippen molar-refractivity contribution in [3.63, 3.8) is 0 Å². The summed E-state index contributed by atoms with van der Waals surface area (Å²) in [5.74, 6) is -0.0630. The van der Waals surface area contributed by atoms with Crippen molar-refractivity contribution < 1.29 is 4.79 Å².